The SMILES string of the molecule is O=C(O)CCCCCCCC=NO. The van der Waals surface area contributed by atoms with E-state index in [0.717, 1.165) is 38.5 Å². The lowest BCUT2D eigenvalue weighted by atomic mass is 10.1. The Morgan fingerprint density at radius 2 is 1.77 bits per heavy atom. The Balaban J connectivity index is 2.95. The lowest BCUT2D eigenvalue weighted by Crippen LogP contribution is -1.93. The molecule has 0 spiro atoms. The van der Waals surface area contributed by atoms with Crippen molar-refractivity contribution in [2.24, 2.45) is 5.16 Å². The zero-order valence-corrected chi connectivity index (χ0v) is 7.78. The van der Waals surface area contributed by atoms with E-state index in [9.17, 15) is 4.79 Å². The molecule has 76 valence electrons. The number of nitrogens with zero attached hydrogens (tertiary/aromatic N) is 1. The second-order valence-corrected chi connectivity index (χ2v) is 3.00. The highest BCUT2D eigenvalue weighted by atomic mass is 16.4. The zero-order chi connectivity index (χ0) is 9.94. The van der Waals surface area contributed by atoms with Crippen LogP contribution in [0.15, 0.2) is 5.16 Å². The Labute approximate surface area is 78.3 Å². The summed E-state index contributed by atoms with van der Waals surface area (Å²) >= 11 is 0. The number of aliphatic carboxylic acids is 1. The lowest BCUT2D eigenvalue weighted by Gasteiger charge is -1.97. The predicted octanol–water partition coefficient (Wildman–Crippen LogP) is 2.26. The monoisotopic (exact) mass is 187 g/mol. The predicted molar refractivity (Wildman–Crippen MR) is 50.2 cm³/mol. The molecule has 0 amide bonds. The molecule has 0 aliphatic rings. The fourth-order valence-electron chi connectivity index (χ4n) is 1.10. The first-order chi connectivity index (χ1) is 6.27. The molecule has 0 aliphatic heterocycles. The summed E-state index contributed by atoms with van der Waals surface area (Å²) in [6.07, 6.45) is 7.45. The first kappa shape index (κ1) is 11.9. The highest BCUT2D eigenvalue weighted by molar-refractivity contribution is 5.66. The summed E-state index contributed by atoms with van der Waals surface area (Å²) in [6.45, 7) is 0. The smallest absolute Gasteiger partial charge is 0.303 e. The van der Waals surface area contributed by atoms with Gasteiger partial charge in [0.05, 0.1) is 0 Å². The third-order valence-electron chi connectivity index (χ3n) is 1.81. The fraction of sp³-hybridized carbons (Fsp3) is 0.778. The molecule has 0 aliphatic carbocycles. The molecular weight excluding hydrogens is 170 g/mol. The van der Waals surface area contributed by atoms with Crippen LogP contribution in [-0.4, -0.2) is 22.5 Å². The molecule has 0 saturated carbocycles. The number of hydrogen-bond acceptors (Lipinski definition) is 3. The Hall–Kier alpha value is -1.06. The molecule has 4 heteroatoms. The van der Waals surface area contributed by atoms with E-state index in [1.165, 1.54) is 6.21 Å². The summed E-state index contributed by atoms with van der Waals surface area (Å²) in [5.41, 5.74) is 0. The number of unbranched alkanes of at least 4 members (excludes halogenated alkanes) is 5. The summed E-state index contributed by atoms with van der Waals surface area (Å²) in [5.74, 6) is -0.715. The molecule has 0 bridgehead atoms. The van der Waals surface area contributed by atoms with E-state index in [2.05, 4.69) is 5.16 Å². The van der Waals surface area contributed by atoms with E-state index in [0.29, 0.717) is 0 Å². The minimum Gasteiger partial charge on any atom is -0.481 e. The van der Waals surface area contributed by atoms with Gasteiger partial charge in [-0.05, 0) is 19.3 Å². The second-order valence-electron chi connectivity index (χ2n) is 3.00. The maximum Gasteiger partial charge on any atom is 0.303 e. The van der Waals surface area contributed by atoms with Gasteiger partial charge >= 0.3 is 5.97 Å². The largest absolute Gasteiger partial charge is 0.481 e. The van der Waals surface area contributed by atoms with Crippen molar-refractivity contribution in [1.82, 2.24) is 0 Å². The molecule has 4 nitrogen and oxygen atoms in total. The van der Waals surface area contributed by atoms with Crippen LogP contribution in [0.25, 0.3) is 0 Å². The molecule has 0 unspecified atom stereocenters. The number of carbonyl (C=O) groups is 1. The van der Waals surface area contributed by atoms with Gasteiger partial charge in [-0.2, -0.15) is 0 Å². The van der Waals surface area contributed by atoms with Crippen molar-refractivity contribution in [3.05, 3.63) is 0 Å². The normalized spacial score (nSPS) is 10.8. The molecular formula is C9H17NO3. The molecule has 0 rings (SSSR count). The Bertz CT molecular complexity index is 157. The van der Waals surface area contributed by atoms with E-state index in [4.69, 9.17) is 10.3 Å². The van der Waals surface area contributed by atoms with Crippen molar-refractivity contribution in [3.63, 3.8) is 0 Å². The van der Waals surface area contributed by atoms with Crippen molar-refractivity contribution < 1.29 is 15.1 Å². The van der Waals surface area contributed by atoms with Gasteiger partial charge in [-0.3, -0.25) is 4.79 Å². The first-order valence-electron chi connectivity index (χ1n) is 4.65. The van der Waals surface area contributed by atoms with Gasteiger partial charge in [0.15, 0.2) is 0 Å². The van der Waals surface area contributed by atoms with Crippen molar-refractivity contribution in [2.75, 3.05) is 0 Å². The van der Waals surface area contributed by atoms with Gasteiger partial charge in [-0.25, -0.2) is 0 Å². The van der Waals surface area contributed by atoms with Crippen LogP contribution in [0, 0.1) is 0 Å². The van der Waals surface area contributed by atoms with Crippen LogP contribution in [0.2, 0.25) is 0 Å². The van der Waals surface area contributed by atoms with Crippen LogP contribution in [0.3, 0.4) is 0 Å². The van der Waals surface area contributed by atoms with Gasteiger partial charge in [-0.1, -0.05) is 19.3 Å². The molecule has 0 heterocycles. The minimum absolute atomic E-state index is 0.276. The number of carboxylic acids is 1. The summed E-state index contributed by atoms with van der Waals surface area (Å²) in [5, 5.41) is 19.3. The van der Waals surface area contributed by atoms with E-state index in [1.807, 2.05) is 0 Å². The average Bonchev–Trinajstić information content (AvgIpc) is 2.09. The summed E-state index contributed by atoms with van der Waals surface area (Å²) in [6, 6.07) is 0. The van der Waals surface area contributed by atoms with Gasteiger partial charge in [0, 0.05) is 12.6 Å². The maximum absolute atomic E-state index is 10.1. The van der Waals surface area contributed by atoms with E-state index in [-0.39, 0.29) is 6.42 Å². The number of oxime groups is 1. The summed E-state index contributed by atoms with van der Waals surface area (Å²) in [4.78, 5) is 10.1. The standard InChI is InChI=1S/C9H17NO3/c11-9(12)7-5-3-1-2-4-6-8-10-13/h8,13H,1-7H2,(H,11,12). The minimum atomic E-state index is -0.715. The van der Waals surface area contributed by atoms with Gasteiger partial charge < -0.3 is 10.3 Å². The van der Waals surface area contributed by atoms with Gasteiger partial charge in [0.25, 0.3) is 0 Å². The van der Waals surface area contributed by atoms with Crippen LogP contribution < -0.4 is 0 Å². The summed E-state index contributed by atoms with van der Waals surface area (Å²) in [7, 11) is 0. The van der Waals surface area contributed by atoms with Gasteiger partial charge in [-0.15, -0.1) is 5.16 Å². The van der Waals surface area contributed by atoms with E-state index in [1.54, 1.807) is 0 Å². The third-order valence-corrected chi connectivity index (χ3v) is 1.81. The number of rotatable bonds is 8. The van der Waals surface area contributed by atoms with Crippen molar-refractivity contribution in [3.8, 4) is 0 Å². The quantitative estimate of drug-likeness (QED) is 0.265. The van der Waals surface area contributed by atoms with Crippen LogP contribution in [0.5, 0.6) is 0 Å². The van der Waals surface area contributed by atoms with Gasteiger partial charge in [0.2, 0.25) is 0 Å². The maximum atomic E-state index is 10.1. The topological polar surface area (TPSA) is 69.9 Å². The Morgan fingerprint density at radius 3 is 2.38 bits per heavy atom. The van der Waals surface area contributed by atoms with E-state index >= 15 is 0 Å². The number of hydrogen-bond donors (Lipinski definition) is 2. The highest BCUT2D eigenvalue weighted by Crippen LogP contribution is 2.06. The first-order valence-corrected chi connectivity index (χ1v) is 4.65. The third kappa shape index (κ3) is 10.9. The van der Waals surface area contributed by atoms with Crippen LogP contribution in [0.1, 0.15) is 44.9 Å². The Morgan fingerprint density at radius 1 is 1.15 bits per heavy atom. The van der Waals surface area contributed by atoms with Crippen molar-refractivity contribution >= 4 is 12.2 Å². The summed E-state index contributed by atoms with van der Waals surface area (Å²) < 4.78 is 0. The molecule has 0 aromatic rings. The van der Waals surface area contributed by atoms with Crippen molar-refractivity contribution in [2.45, 2.75) is 44.9 Å². The highest BCUT2D eigenvalue weighted by Gasteiger charge is 1.95. The van der Waals surface area contributed by atoms with Crippen LogP contribution in [0.4, 0.5) is 0 Å². The zero-order valence-electron chi connectivity index (χ0n) is 7.78. The fourth-order valence-corrected chi connectivity index (χ4v) is 1.10. The molecule has 0 aromatic heterocycles. The molecule has 0 radical (unpaired) electrons. The molecule has 0 atom stereocenters. The second kappa shape index (κ2) is 9.03. The van der Waals surface area contributed by atoms with E-state index < -0.39 is 5.97 Å². The van der Waals surface area contributed by atoms with Crippen molar-refractivity contribution in [1.29, 1.82) is 0 Å². The van der Waals surface area contributed by atoms with Crippen LogP contribution >= 0.6 is 0 Å². The average molecular weight is 187 g/mol. The molecule has 0 aromatic carbocycles. The molecule has 0 saturated heterocycles. The van der Waals surface area contributed by atoms with Crippen LogP contribution in [-0.2, 0) is 4.79 Å². The molecule has 13 heavy (non-hydrogen) atoms. The lowest BCUT2D eigenvalue weighted by molar-refractivity contribution is -0.137. The molecule has 0 fully saturated rings. The van der Waals surface area contributed by atoms with Gasteiger partial charge in [0.1, 0.15) is 0 Å². The Kier molecular flexibility index (Phi) is 8.30. The number of carboxylic acid groups (broad SMARTS) is 1. The molecule has 2 N–H and O–H groups in total.